The Morgan fingerprint density at radius 1 is 1.11 bits per heavy atom. The molecule has 10 heteroatoms. The summed E-state index contributed by atoms with van der Waals surface area (Å²) in [6.45, 7) is 5.85. The molecule has 28 heavy (non-hydrogen) atoms. The Balaban J connectivity index is 1.65. The first-order valence-electron chi connectivity index (χ1n) is 9.84. The molecule has 4 rings (SSSR count). The Hall–Kier alpha value is -2.04. The van der Waals surface area contributed by atoms with Crippen molar-refractivity contribution in [3.8, 4) is 11.4 Å². The van der Waals surface area contributed by atoms with E-state index < -0.39 is 10.0 Å². The number of hydrogen-bond donors (Lipinski definition) is 2. The van der Waals surface area contributed by atoms with Crippen LogP contribution in [-0.4, -0.2) is 66.2 Å². The van der Waals surface area contributed by atoms with Crippen LogP contribution in [0.2, 0.25) is 0 Å². The SMILES string of the molecule is Cc1ccc(N2CCC(N3CCCCC3)CC2)c(-c2nnn[nH]2)c1S(N)(=O)=O. The molecule has 0 bridgehead atoms. The number of likely N-dealkylation sites (tertiary alicyclic amines) is 1. The molecule has 2 aliphatic heterocycles. The molecule has 0 radical (unpaired) electrons. The van der Waals surface area contributed by atoms with Crippen LogP contribution in [0.3, 0.4) is 0 Å². The van der Waals surface area contributed by atoms with Crippen LogP contribution in [0.5, 0.6) is 0 Å². The lowest BCUT2D eigenvalue weighted by molar-refractivity contribution is 0.141. The lowest BCUT2D eigenvalue weighted by Crippen LogP contribution is -2.46. The van der Waals surface area contributed by atoms with Crippen LogP contribution >= 0.6 is 0 Å². The van der Waals surface area contributed by atoms with Gasteiger partial charge in [0, 0.05) is 24.8 Å². The number of aryl methyl sites for hydroxylation is 1. The van der Waals surface area contributed by atoms with Gasteiger partial charge < -0.3 is 9.80 Å². The Morgan fingerprint density at radius 2 is 1.82 bits per heavy atom. The fraction of sp³-hybridized carbons (Fsp3) is 0.611. The minimum atomic E-state index is -3.93. The number of rotatable bonds is 4. The highest BCUT2D eigenvalue weighted by molar-refractivity contribution is 7.89. The van der Waals surface area contributed by atoms with E-state index in [1.54, 1.807) is 13.0 Å². The monoisotopic (exact) mass is 405 g/mol. The van der Waals surface area contributed by atoms with E-state index in [1.165, 1.54) is 32.4 Å². The molecule has 9 nitrogen and oxygen atoms in total. The van der Waals surface area contributed by atoms with E-state index in [1.807, 2.05) is 6.07 Å². The summed E-state index contributed by atoms with van der Waals surface area (Å²) in [5.41, 5.74) is 1.86. The van der Waals surface area contributed by atoms with Crippen LogP contribution in [-0.2, 0) is 10.0 Å². The van der Waals surface area contributed by atoms with Gasteiger partial charge in [0.1, 0.15) is 0 Å². The summed E-state index contributed by atoms with van der Waals surface area (Å²) >= 11 is 0. The molecule has 3 N–H and O–H groups in total. The van der Waals surface area contributed by atoms with E-state index in [-0.39, 0.29) is 4.90 Å². The van der Waals surface area contributed by atoms with Crippen molar-refractivity contribution in [2.75, 3.05) is 31.1 Å². The summed E-state index contributed by atoms with van der Waals surface area (Å²) in [7, 11) is -3.93. The Bertz CT molecular complexity index is 916. The molecular weight excluding hydrogens is 378 g/mol. The fourth-order valence-corrected chi connectivity index (χ4v) is 5.56. The molecule has 2 aromatic rings. The molecule has 3 heterocycles. The minimum Gasteiger partial charge on any atom is -0.371 e. The zero-order valence-electron chi connectivity index (χ0n) is 16.1. The highest BCUT2D eigenvalue weighted by Gasteiger charge is 2.30. The highest BCUT2D eigenvalue weighted by Crippen LogP contribution is 2.37. The van der Waals surface area contributed by atoms with Crippen molar-refractivity contribution >= 4 is 15.7 Å². The van der Waals surface area contributed by atoms with Gasteiger partial charge in [-0.25, -0.2) is 18.7 Å². The third kappa shape index (κ3) is 3.76. The van der Waals surface area contributed by atoms with Gasteiger partial charge >= 0.3 is 0 Å². The van der Waals surface area contributed by atoms with Gasteiger partial charge in [-0.3, -0.25) is 0 Å². The molecule has 0 saturated carbocycles. The molecule has 2 aliphatic rings. The van der Waals surface area contributed by atoms with Gasteiger partial charge in [-0.1, -0.05) is 12.5 Å². The topological polar surface area (TPSA) is 121 Å². The summed E-state index contributed by atoms with van der Waals surface area (Å²) in [5.74, 6) is 0.320. The first-order chi connectivity index (χ1) is 13.4. The average Bonchev–Trinajstić information content (AvgIpc) is 3.22. The Kier molecular flexibility index (Phi) is 5.35. The van der Waals surface area contributed by atoms with E-state index in [9.17, 15) is 8.42 Å². The molecule has 0 spiro atoms. The van der Waals surface area contributed by atoms with Crippen molar-refractivity contribution in [2.45, 2.75) is 50.0 Å². The molecule has 0 aliphatic carbocycles. The van der Waals surface area contributed by atoms with Gasteiger partial charge in [-0.15, -0.1) is 5.10 Å². The molecule has 1 aromatic heterocycles. The van der Waals surface area contributed by atoms with Crippen LogP contribution < -0.4 is 10.0 Å². The van der Waals surface area contributed by atoms with Crippen LogP contribution in [0.15, 0.2) is 17.0 Å². The Morgan fingerprint density at radius 3 is 2.43 bits per heavy atom. The fourth-order valence-electron chi connectivity index (χ4n) is 4.56. The van der Waals surface area contributed by atoms with Crippen molar-refractivity contribution in [3.05, 3.63) is 17.7 Å². The lowest BCUT2D eigenvalue weighted by Gasteiger charge is -2.41. The van der Waals surface area contributed by atoms with E-state index in [0.29, 0.717) is 23.0 Å². The zero-order chi connectivity index (χ0) is 19.7. The quantitative estimate of drug-likeness (QED) is 0.786. The van der Waals surface area contributed by atoms with Crippen LogP contribution in [0, 0.1) is 6.92 Å². The maximum atomic E-state index is 12.3. The minimum absolute atomic E-state index is 0.0849. The number of tetrazole rings is 1. The molecule has 0 atom stereocenters. The third-order valence-electron chi connectivity index (χ3n) is 5.91. The molecule has 1 aromatic carbocycles. The second-order valence-electron chi connectivity index (χ2n) is 7.72. The summed E-state index contributed by atoms with van der Waals surface area (Å²) in [6, 6.07) is 4.36. The lowest BCUT2D eigenvalue weighted by atomic mass is 9.98. The molecule has 0 amide bonds. The number of aromatic nitrogens is 4. The number of sulfonamides is 1. The number of nitrogens with zero attached hydrogens (tertiary/aromatic N) is 5. The number of anilines is 1. The number of nitrogens with two attached hydrogens (primary N) is 1. The maximum absolute atomic E-state index is 12.3. The largest absolute Gasteiger partial charge is 0.371 e. The number of primary sulfonamides is 1. The van der Waals surface area contributed by atoms with Crippen LogP contribution in [0.4, 0.5) is 5.69 Å². The molecule has 152 valence electrons. The number of H-pyrrole nitrogens is 1. The average molecular weight is 406 g/mol. The smallest absolute Gasteiger partial charge is 0.239 e. The molecule has 2 saturated heterocycles. The predicted octanol–water partition coefficient (Wildman–Crippen LogP) is 1.28. The number of hydrogen-bond acceptors (Lipinski definition) is 7. The predicted molar refractivity (Wildman–Crippen MR) is 106 cm³/mol. The Labute approximate surface area is 165 Å². The van der Waals surface area contributed by atoms with Gasteiger partial charge in [0.2, 0.25) is 10.0 Å². The van der Waals surface area contributed by atoms with Crippen molar-refractivity contribution in [3.63, 3.8) is 0 Å². The van der Waals surface area contributed by atoms with E-state index in [2.05, 4.69) is 30.4 Å². The normalized spacial score (nSPS) is 19.9. The summed E-state index contributed by atoms with van der Waals surface area (Å²) in [6.07, 6.45) is 6.04. The van der Waals surface area contributed by atoms with E-state index in [0.717, 1.165) is 31.6 Å². The van der Waals surface area contributed by atoms with E-state index in [4.69, 9.17) is 5.14 Å². The number of piperidine rings is 2. The van der Waals surface area contributed by atoms with Crippen molar-refractivity contribution in [2.24, 2.45) is 5.14 Å². The van der Waals surface area contributed by atoms with Gasteiger partial charge in [-0.2, -0.15) is 0 Å². The molecule has 0 unspecified atom stereocenters. The number of aromatic amines is 1. The highest BCUT2D eigenvalue weighted by atomic mass is 32.2. The zero-order valence-corrected chi connectivity index (χ0v) is 17.0. The summed E-state index contributed by atoms with van der Waals surface area (Å²) in [5, 5.41) is 19.5. The van der Waals surface area contributed by atoms with Gasteiger partial charge in [0.15, 0.2) is 5.82 Å². The van der Waals surface area contributed by atoms with Crippen LogP contribution in [0.25, 0.3) is 11.4 Å². The first-order valence-corrected chi connectivity index (χ1v) is 11.4. The summed E-state index contributed by atoms with van der Waals surface area (Å²) in [4.78, 5) is 4.93. The second kappa shape index (κ2) is 7.76. The second-order valence-corrected chi connectivity index (χ2v) is 9.21. The number of nitrogens with one attached hydrogen (secondary N) is 1. The maximum Gasteiger partial charge on any atom is 0.239 e. The number of benzene rings is 1. The summed E-state index contributed by atoms with van der Waals surface area (Å²) < 4.78 is 24.7. The molecular formula is C18H27N7O2S. The standard InChI is InChI=1S/C18H27N7O2S/c1-13-5-6-15(16(17(13)28(19,26)27)18-20-22-23-21-18)25-11-7-14(8-12-25)24-9-3-2-4-10-24/h5-6,14H,2-4,7-12H2,1H3,(H2,19,26,27)(H,20,21,22,23). The third-order valence-corrected chi connectivity index (χ3v) is 7.01. The van der Waals surface area contributed by atoms with Gasteiger partial charge in [0.05, 0.1) is 10.5 Å². The van der Waals surface area contributed by atoms with Crippen molar-refractivity contribution in [1.29, 1.82) is 0 Å². The van der Waals surface area contributed by atoms with E-state index >= 15 is 0 Å². The van der Waals surface area contributed by atoms with Crippen LogP contribution in [0.1, 0.15) is 37.7 Å². The van der Waals surface area contributed by atoms with Gasteiger partial charge in [-0.05, 0) is 67.8 Å². The van der Waals surface area contributed by atoms with Crippen molar-refractivity contribution < 1.29 is 8.42 Å². The van der Waals surface area contributed by atoms with Crippen molar-refractivity contribution in [1.82, 2.24) is 25.5 Å². The molecule has 2 fully saturated rings. The first kappa shape index (κ1) is 19.3. The van der Waals surface area contributed by atoms with Gasteiger partial charge in [0.25, 0.3) is 0 Å².